The maximum Gasteiger partial charge on any atom is 0.425 e. The highest BCUT2D eigenvalue weighted by Crippen LogP contribution is 2.13. The van der Waals surface area contributed by atoms with Crippen molar-refractivity contribution in [2.75, 3.05) is 6.61 Å². The van der Waals surface area contributed by atoms with Crippen LogP contribution in [0.2, 0.25) is 13.1 Å². The van der Waals surface area contributed by atoms with Gasteiger partial charge in [-0.25, -0.2) is 9.52 Å². The normalized spacial score (nSPS) is 11.7. The summed E-state index contributed by atoms with van der Waals surface area (Å²) in [5, 5.41) is 0. The van der Waals surface area contributed by atoms with E-state index in [0.717, 1.165) is 12.8 Å². The molecule has 16 heavy (non-hydrogen) atoms. The molecule has 0 aromatic heterocycles. The summed E-state index contributed by atoms with van der Waals surface area (Å²) in [4.78, 5) is 17.4. The molecule has 96 valence electrons. The summed E-state index contributed by atoms with van der Waals surface area (Å²) < 4.78 is 6.59. The third-order valence-corrected chi connectivity index (χ3v) is 3.00. The Kier molecular flexibility index (Phi) is 6.67. The zero-order chi connectivity index (χ0) is 12.8. The molecule has 0 fully saturated rings. The summed E-state index contributed by atoms with van der Waals surface area (Å²) in [6, 6.07) is 0. The van der Waals surface area contributed by atoms with Gasteiger partial charge in [0.15, 0.2) is 8.96 Å². The summed E-state index contributed by atoms with van der Waals surface area (Å²) in [5.41, 5.74) is -0.360. The van der Waals surface area contributed by atoms with Crippen molar-refractivity contribution in [2.24, 2.45) is 0 Å². The third-order valence-electron chi connectivity index (χ3n) is 1.74. The molecule has 0 aliphatic rings. The van der Waals surface area contributed by atoms with Crippen LogP contribution in [0.4, 0.5) is 4.79 Å². The van der Waals surface area contributed by atoms with Gasteiger partial charge >= 0.3 is 6.09 Å². The highest BCUT2D eigenvalue weighted by Gasteiger charge is 2.25. The molecule has 1 amide bonds. The second kappa shape index (κ2) is 6.91. The summed E-state index contributed by atoms with van der Waals surface area (Å²) in [7, 11) is -1.36. The number of hydrogen-bond acceptors (Lipinski definition) is 3. The van der Waals surface area contributed by atoms with Gasteiger partial charge in [0.1, 0.15) is 0 Å². The van der Waals surface area contributed by atoms with Gasteiger partial charge in [0.25, 0.3) is 0 Å². The third kappa shape index (κ3) is 6.84. The van der Waals surface area contributed by atoms with Gasteiger partial charge in [0, 0.05) is 0 Å². The minimum absolute atomic E-state index is 0.343. The molecule has 0 unspecified atom stereocenters. The largest absolute Gasteiger partial charge is 0.449 e. The van der Waals surface area contributed by atoms with Crippen molar-refractivity contribution in [1.29, 1.82) is 0 Å². The van der Waals surface area contributed by atoms with E-state index in [0.29, 0.717) is 6.61 Å². The Morgan fingerprint density at radius 2 is 1.88 bits per heavy atom. The monoisotopic (exact) mass is 247 g/mol. The molecule has 0 aliphatic heterocycles. The predicted octanol–water partition coefficient (Wildman–Crippen LogP) is 2.94. The Morgan fingerprint density at radius 3 is 2.25 bits per heavy atom. The topological polar surface area (TPSA) is 38.8 Å². The van der Waals surface area contributed by atoms with Gasteiger partial charge in [-0.05, 0) is 27.2 Å². The maximum atomic E-state index is 11.8. The van der Waals surface area contributed by atoms with Crippen LogP contribution in [0.15, 0.2) is 0 Å². The fourth-order valence-corrected chi connectivity index (χ4v) is 2.04. The smallest absolute Gasteiger partial charge is 0.425 e. The average Bonchev–Trinajstić information content (AvgIpc) is 2.12. The van der Waals surface area contributed by atoms with Crippen molar-refractivity contribution in [3.8, 4) is 0 Å². The lowest BCUT2D eigenvalue weighted by molar-refractivity contribution is -0.158. The summed E-state index contributed by atoms with van der Waals surface area (Å²) in [6.07, 6.45) is 1.58. The van der Waals surface area contributed by atoms with Crippen molar-refractivity contribution in [3.05, 3.63) is 0 Å². The molecule has 0 bridgehead atoms. The van der Waals surface area contributed by atoms with E-state index < -0.39 is 8.96 Å². The van der Waals surface area contributed by atoms with E-state index in [1.807, 2.05) is 33.9 Å². The number of hydroxylamine groups is 1. The van der Waals surface area contributed by atoms with Gasteiger partial charge in [-0.1, -0.05) is 26.4 Å². The fraction of sp³-hybridized carbons (Fsp3) is 0.909. The van der Waals surface area contributed by atoms with Crippen LogP contribution < -0.4 is 0 Å². The number of nitrogens with zero attached hydrogens (tertiary/aromatic N) is 1. The molecule has 5 heteroatoms. The van der Waals surface area contributed by atoms with Crippen molar-refractivity contribution >= 4 is 15.1 Å². The minimum atomic E-state index is -1.36. The number of ether oxygens (including phenoxy) is 1. The van der Waals surface area contributed by atoms with Gasteiger partial charge in [0.2, 0.25) is 0 Å². The van der Waals surface area contributed by atoms with Crippen molar-refractivity contribution < 1.29 is 14.4 Å². The molecule has 0 rings (SSSR count). The molecule has 4 nitrogen and oxygen atoms in total. The van der Waals surface area contributed by atoms with Crippen LogP contribution >= 0.6 is 0 Å². The van der Waals surface area contributed by atoms with Gasteiger partial charge < -0.3 is 4.74 Å². The van der Waals surface area contributed by atoms with Crippen LogP contribution in [0.25, 0.3) is 0 Å². The van der Waals surface area contributed by atoms with E-state index in [4.69, 9.17) is 9.57 Å². The molecule has 0 N–H and O–H groups in total. The summed E-state index contributed by atoms with van der Waals surface area (Å²) in [5.74, 6) is 0. The molecule has 0 atom stereocenters. The molecule has 0 aliphatic carbocycles. The second-order valence-corrected chi connectivity index (χ2v) is 7.75. The first-order valence-corrected chi connectivity index (χ1v) is 8.75. The zero-order valence-electron chi connectivity index (χ0n) is 11.4. The van der Waals surface area contributed by atoms with E-state index in [-0.39, 0.29) is 11.7 Å². The summed E-state index contributed by atoms with van der Waals surface area (Å²) >= 11 is 0. The Balaban J connectivity index is 4.25. The van der Waals surface area contributed by atoms with E-state index in [1.165, 1.54) is 4.73 Å². The SMILES string of the molecule is CCCCOC(=O)N(OC(C)(C)C)[SiH](C)C. The van der Waals surface area contributed by atoms with Crippen molar-refractivity contribution in [3.63, 3.8) is 0 Å². The predicted molar refractivity (Wildman–Crippen MR) is 67.8 cm³/mol. The second-order valence-electron chi connectivity index (χ2n) is 5.09. The Morgan fingerprint density at radius 1 is 1.31 bits per heavy atom. The minimum Gasteiger partial charge on any atom is -0.449 e. The van der Waals surface area contributed by atoms with E-state index in [1.54, 1.807) is 0 Å². The zero-order valence-corrected chi connectivity index (χ0v) is 12.5. The van der Waals surface area contributed by atoms with Gasteiger partial charge in [-0.2, -0.15) is 0 Å². The standard InChI is InChI=1S/C11H25NO3Si/c1-7-8-9-14-10(13)12(16(5)6)15-11(2,3)4/h16H,7-9H2,1-6H3. The first-order valence-electron chi connectivity index (χ1n) is 5.93. The van der Waals surface area contributed by atoms with Crippen LogP contribution in [0.5, 0.6) is 0 Å². The molecule has 0 heterocycles. The average molecular weight is 247 g/mol. The lowest BCUT2D eigenvalue weighted by atomic mass is 10.2. The number of carbonyl (C=O) groups is 1. The van der Waals surface area contributed by atoms with Crippen LogP contribution in [-0.2, 0) is 9.57 Å². The number of amides is 1. The van der Waals surface area contributed by atoms with Gasteiger partial charge in [-0.3, -0.25) is 4.84 Å². The molecular formula is C11H25NO3Si. The van der Waals surface area contributed by atoms with Gasteiger partial charge in [0.05, 0.1) is 12.2 Å². The molecule has 0 aromatic rings. The van der Waals surface area contributed by atoms with E-state index in [2.05, 4.69) is 6.92 Å². The van der Waals surface area contributed by atoms with Crippen LogP contribution in [0.1, 0.15) is 40.5 Å². The van der Waals surface area contributed by atoms with Crippen molar-refractivity contribution in [2.45, 2.75) is 59.2 Å². The number of unbranched alkanes of at least 4 members (excludes halogenated alkanes) is 1. The Bertz CT molecular complexity index is 214. The molecule has 0 saturated carbocycles. The van der Waals surface area contributed by atoms with Crippen LogP contribution in [0.3, 0.4) is 0 Å². The molecule has 0 saturated heterocycles. The van der Waals surface area contributed by atoms with Crippen LogP contribution in [0, 0.1) is 0 Å². The molecule has 0 aromatic carbocycles. The fourth-order valence-electron chi connectivity index (χ4n) is 1.02. The van der Waals surface area contributed by atoms with E-state index >= 15 is 0 Å². The highest BCUT2D eigenvalue weighted by atomic mass is 28.3. The number of carbonyl (C=O) groups excluding carboxylic acids is 1. The summed E-state index contributed by atoms with van der Waals surface area (Å²) in [6.45, 7) is 12.4. The van der Waals surface area contributed by atoms with Crippen LogP contribution in [-0.4, -0.2) is 32.0 Å². The Hall–Kier alpha value is -0.553. The lowest BCUT2D eigenvalue weighted by Gasteiger charge is -2.31. The Labute approximate surface area is 101 Å². The lowest BCUT2D eigenvalue weighted by Crippen LogP contribution is -2.45. The molecular weight excluding hydrogens is 222 g/mol. The first kappa shape index (κ1) is 15.4. The quantitative estimate of drug-likeness (QED) is 0.426. The number of rotatable bonds is 5. The number of hydrogen-bond donors (Lipinski definition) is 0. The van der Waals surface area contributed by atoms with Crippen molar-refractivity contribution in [1.82, 2.24) is 4.73 Å². The highest BCUT2D eigenvalue weighted by molar-refractivity contribution is 6.54. The first-order chi connectivity index (χ1) is 7.28. The molecule has 0 spiro atoms. The molecule has 0 radical (unpaired) electrons. The van der Waals surface area contributed by atoms with Gasteiger partial charge in [-0.15, -0.1) is 0 Å². The van der Waals surface area contributed by atoms with E-state index in [9.17, 15) is 4.79 Å². The maximum absolute atomic E-state index is 11.8.